The second-order valence-electron chi connectivity index (χ2n) is 5.02. The zero-order chi connectivity index (χ0) is 15.2. The lowest BCUT2D eigenvalue weighted by Crippen LogP contribution is -2.45. The second-order valence-corrected chi connectivity index (χ2v) is 5.02. The van der Waals surface area contributed by atoms with Gasteiger partial charge in [-0.3, -0.25) is 9.59 Å². The van der Waals surface area contributed by atoms with E-state index in [2.05, 4.69) is 5.32 Å². The summed E-state index contributed by atoms with van der Waals surface area (Å²) in [6.45, 7) is 0.278. The molecule has 112 valence electrons. The van der Waals surface area contributed by atoms with Gasteiger partial charge in [0.25, 0.3) is 0 Å². The highest BCUT2D eigenvalue weighted by Gasteiger charge is 2.33. The van der Waals surface area contributed by atoms with Crippen LogP contribution in [0.3, 0.4) is 0 Å². The summed E-state index contributed by atoms with van der Waals surface area (Å²) in [7, 11) is 0. The lowest BCUT2D eigenvalue weighted by Gasteiger charge is -2.21. The first-order valence-electron chi connectivity index (χ1n) is 6.91. The van der Waals surface area contributed by atoms with Crippen molar-refractivity contribution in [2.75, 3.05) is 13.1 Å². The van der Waals surface area contributed by atoms with E-state index in [4.69, 9.17) is 5.11 Å². The van der Waals surface area contributed by atoms with E-state index < -0.39 is 12.0 Å². The van der Waals surface area contributed by atoms with Crippen molar-refractivity contribution in [3.8, 4) is 0 Å². The fraction of sp³-hybridized carbons (Fsp3) is 0.400. The van der Waals surface area contributed by atoms with Crippen LogP contribution in [0, 0.1) is 0 Å². The summed E-state index contributed by atoms with van der Waals surface area (Å²) in [5, 5.41) is 11.6. The maximum atomic E-state index is 12.0. The van der Waals surface area contributed by atoms with Crippen LogP contribution in [0.15, 0.2) is 30.3 Å². The molecule has 1 heterocycles. The molecule has 0 bridgehead atoms. The van der Waals surface area contributed by atoms with Crippen molar-refractivity contribution in [1.29, 1.82) is 0 Å². The highest BCUT2D eigenvalue weighted by atomic mass is 16.4. The Kier molecular flexibility index (Phi) is 4.92. The molecule has 6 nitrogen and oxygen atoms in total. The molecule has 0 aliphatic carbocycles. The molecule has 0 radical (unpaired) electrons. The third kappa shape index (κ3) is 4.05. The van der Waals surface area contributed by atoms with Crippen LogP contribution >= 0.6 is 0 Å². The SMILES string of the molecule is O=C(Cc1ccccc1)NCC(=O)N1CCC[C@@H]1C(=O)O. The number of carbonyl (C=O) groups is 3. The van der Waals surface area contributed by atoms with Gasteiger partial charge in [0.1, 0.15) is 6.04 Å². The minimum atomic E-state index is -0.989. The predicted molar refractivity (Wildman–Crippen MR) is 75.5 cm³/mol. The molecule has 0 unspecified atom stereocenters. The normalized spacial score (nSPS) is 17.5. The molecule has 1 aliphatic heterocycles. The molecule has 1 atom stereocenters. The van der Waals surface area contributed by atoms with E-state index in [-0.39, 0.29) is 24.8 Å². The molecule has 2 amide bonds. The van der Waals surface area contributed by atoms with Gasteiger partial charge in [-0.15, -0.1) is 0 Å². The maximum absolute atomic E-state index is 12.0. The number of carbonyl (C=O) groups excluding carboxylic acids is 2. The van der Waals surface area contributed by atoms with E-state index in [1.54, 1.807) is 0 Å². The van der Waals surface area contributed by atoms with Crippen LogP contribution in [-0.4, -0.2) is 46.9 Å². The summed E-state index contributed by atoms with van der Waals surface area (Å²) in [6, 6.07) is 8.46. The quantitative estimate of drug-likeness (QED) is 0.823. The predicted octanol–water partition coefficient (Wildman–Crippen LogP) is 0.421. The lowest BCUT2D eigenvalue weighted by atomic mass is 10.1. The molecule has 1 aromatic rings. The number of benzene rings is 1. The van der Waals surface area contributed by atoms with Crippen molar-refractivity contribution in [3.63, 3.8) is 0 Å². The maximum Gasteiger partial charge on any atom is 0.326 e. The number of amides is 2. The van der Waals surface area contributed by atoms with Crippen LogP contribution in [0.4, 0.5) is 0 Å². The summed E-state index contributed by atoms with van der Waals surface area (Å²) in [6.07, 6.45) is 1.36. The Morgan fingerprint density at radius 1 is 1.24 bits per heavy atom. The first kappa shape index (κ1) is 15.0. The summed E-state index contributed by atoms with van der Waals surface area (Å²) >= 11 is 0. The van der Waals surface area contributed by atoms with Crippen LogP contribution in [0.2, 0.25) is 0 Å². The van der Waals surface area contributed by atoms with Gasteiger partial charge in [0.05, 0.1) is 13.0 Å². The highest BCUT2D eigenvalue weighted by molar-refractivity contribution is 5.88. The largest absolute Gasteiger partial charge is 0.480 e. The van der Waals surface area contributed by atoms with Gasteiger partial charge >= 0.3 is 5.97 Å². The van der Waals surface area contributed by atoms with E-state index in [0.717, 1.165) is 5.56 Å². The van der Waals surface area contributed by atoms with E-state index in [0.29, 0.717) is 19.4 Å². The number of rotatable bonds is 5. The molecule has 6 heteroatoms. The molecule has 0 spiro atoms. The summed E-state index contributed by atoms with van der Waals surface area (Å²) in [5.74, 6) is -1.58. The Morgan fingerprint density at radius 3 is 2.62 bits per heavy atom. The lowest BCUT2D eigenvalue weighted by molar-refractivity contribution is -0.148. The minimum absolute atomic E-state index is 0.157. The fourth-order valence-electron chi connectivity index (χ4n) is 2.44. The third-order valence-electron chi connectivity index (χ3n) is 3.50. The van der Waals surface area contributed by atoms with E-state index in [9.17, 15) is 14.4 Å². The molecule has 1 aromatic carbocycles. The van der Waals surface area contributed by atoms with Crippen molar-refractivity contribution in [2.45, 2.75) is 25.3 Å². The number of hydrogen-bond donors (Lipinski definition) is 2. The van der Waals surface area contributed by atoms with Crippen molar-refractivity contribution in [2.24, 2.45) is 0 Å². The van der Waals surface area contributed by atoms with E-state index in [1.165, 1.54) is 4.90 Å². The third-order valence-corrected chi connectivity index (χ3v) is 3.50. The van der Waals surface area contributed by atoms with Crippen molar-refractivity contribution < 1.29 is 19.5 Å². The van der Waals surface area contributed by atoms with Gasteiger partial charge < -0.3 is 15.3 Å². The molecule has 0 aromatic heterocycles. The van der Waals surface area contributed by atoms with Crippen LogP contribution in [0.5, 0.6) is 0 Å². The summed E-state index contributed by atoms with van der Waals surface area (Å²) in [4.78, 5) is 36.1. The monoisotopic (exact) mass is 290 g/mol. The average molecular weight is 290 g/mol. The topological polar surface area (TPSA) is 86.7 Å². The van der Waals surface area contributed by atoms with Crippen molar-refractivity contribution in [1.82, 2.24) is 10.2 Å². The molecular weight excluding hydrogens is 272 g/mol. The van der Waals surface area contributed by atoms with E-state index >= 15 is 0 Å². The van der Waals surface area contributed by atoms with Crippen LogP contribution < -0.4 is 5.32 Å². The fourth-order valence-corrected chi connectivity index (χ4v) is 2.44. The Labute approximate surface area is 122 Å². The van der Waals surface area contributed by atoms with Crippen LogP contribution in [0.1, 0.15) is 18.4 Å². The highest BCUT2D eigenvalue weighted by Crippen LogP contribution is 2.17. The van der Waals surface area contributed by atoms with E-state index in [1.807, 2.05) is 30.3 Å². The molecule has 1 aliphatic rings. The smallest absolute Gasteiger partial charge is 0.326 e. The Morgan fingerprint density at radius 2 is 1.95 bits per heavy atom. The molecule has 2 rings (SSSR count). The molecule has 2 N–H and O–H groups in total. The van der Waals surface area contributed by atoms with Crippen molar-refractivity contribution >= 4 is 17.8 Å². The van der Waals surface area contributed by atoms with Gasteiger partial charge in [0, 0.05) is 6.54 Å². The first-order chi connectivity index (χ1) is 10.1. The number of likely N-dealkylation sites (tertiary alicyclic amines) is 1. The van der Waals surface area contributed by atoms with Gasteiger partial charge in [-0.1, -0.05) is 30.3 Å². The zero-order valence-corrected chi connectivity index (χ0v) is 11.6. The number of hydrogen-bond acceptors (Lipinski definition) is 3. The average Bonchev–Trinajstić information content (AvgIpc) is 2.95. The Hall–Kier alpha value is -2.37. The Balaban J connectivity index is 1.81. The standard InChI is InChI=1S/C15H18N2O4/c18-13(9-11-5-2-1-3-6-11)16-10-14(19)17-8-4-7-12(17)15(20)21/h1-3,5-6,12H,4,7-10H2,(H,16,18)(H,20,21)/t12-/m1/s1. The van der Waals surface area contributed by atoms with Gasteiger partial charge in [0.2, 0.25) is 11.8 Å². The summed E-state index contributed by atoms with van der Waals surface area (Å²) in [5.41, 5.74) is 0.868. The molecule has 21 heavy (non-hydrogen) atoms. The number of carboxylic acid groups (broad SMARTS) is 1. The van der Waals surface area contributed by atoms with Gasteiger partial charge in [-0.2, -0.15) is 0 Å². The second kappa shape index (κ2) is 6.88. The summed E-state index contributed by atoms with van der Waals surface area (Å²) < 4.78 is 0. The number of nitrogens with zero attached hydrogens (tertiary/aromatic N) is 1. The Bertz CT molecular complexity index is 530. The molecular formula is C15H18N2O4. The van der Waals surface area contributed by atoms with Gasteiger partial charge in [-0.25, -0.2) is 4.79 Å². The first-order valence-corrected chi connectivity index (χ1v) is 6.91. The number of carboxylic acids is 1. The van der Waals surface area contributed by atoms with Crippen molar-refractivity contribution in [3.05, 3.63) is 35.9 Å². The molecule has 1 saturated heterocycles. The van der Waals surface area contributed by atoms with Crippen LogP contribution in [-0.2, 0) is 20.8 Å². The van der Waals surface area contributed by atoms with Crippen LogP contribution in [0.25, 0.3) is 0 Å². The van der Waals surface area contributed by atoms with Gasteiger partial charge in [-0.05, 0) is 18.4 Å². The number of aliphatic carboxylic acids is 1. The van der Waals surface area contributed by atoms with Gasteiger partial charge in [0.15, 0.2) is 0 Å². The zero-order valence-electron chi connectivity index (χ0n) is 11.6. The minimum Gasteiger partial charge on any atom is -0.480 e. The molecule has 1 fully saturated rings. The number of nitrogens with one attached hydrogen (secondary N) is 1. The molecule has 0 saturated carbocycles.